The fraction of sp³-hybridized carbons (Fsp3) is 0.348. The van der Waals surface area contributed by atoms with Gasteiger partial charge in [0, 0.05) is 49.5 Å². The van der Waals surface area contributed by atoms with Crippen LogP contribution in [0.4, 0.5) is 11.4 Å². The number of aromatic nitrogens is 5. The first-order chi connectivity index (χ1) is 15.9. The van der Waals surface area contributed by atoms with E-state index in [-0.39, 0.29) is 11.9 Å². The predicted molar refractivity (Wildman–Crippen MR) is 127 cm³/mol. The number of methoxy groups -OCH3 is 1. The van der Waals surface area contributed by atoms with Crippen molar-refractivity contribution in [3.63, 3.8) is 0 Å². The van der Waals surface area contributed by atoms with Crippen LogP contribution in [0.3, 0.4) is 0 Å². The van der Waals surface area contributed by atoms with E-state index in [0.29, 0.717) is 34.4 Å². The minimum absolute atomic E-state index is 0.215. The van der Waals surface area contributed by atoms with Crippen LogP contribution in [0.1, 0.15) is 24.2 Å². The summed E-state index contributed by atoms with van der Waals surface area (Å²) >= 11 is 0. The topological polar surface area (TPSA) is 110 Å². The SMILES string of the molecule is COc1ncc2c(N3C[C@H](C)N[C@@H](C)C3)ccc(C(=O)Nc3cccc4c3nnn4C)c2n1. The van der Waals surface area contributed by atoms with Crippen molar-refractivity contribution in [2.24, 2.45) is 7.05 Å². The molecule has 1 aliphatic heterocycles. The molecule has 1 amide bonds. The van der Waals surface area contributed by atoms with Gasteiger partial charge >= 0.3 is 6.01 Å². The predicted octanol–water partition coefficient (Wildman–Crippen LogP) is 2.36. The summed E-state index contributed by atoms with van der Waals surface area (Å²) in [4.78, 5) is 24.6. The number of hydrogen-bond donors (Lipinski definition) is 2. The van der Waals surface area contributed by atoms with Crippen molar-refractivity contribution in [2.45, 2.75) is 25.9 Å². The van der Waals surface area contributed by atoms with Gasteiger partial charge in [-0.2, -0.15) is 4.98 Å². The average Bonchev–Trinajstić information content (AvgIpc) is 3.19. The molecule has 2 aromatic carbocycles. The number of carbonyl (C=O) groups is 1. The third-order valence-corrected chi connectivity index (χ3v) is 5.92. The van der Waals surface area contributed by atoms with Gasteiger partial charge in [0.05, 0.1) is 29.4 Å². The monoisotopic (exact) mass is 446 g/mol. The van der Waals surface area contributed by atoms with Crippen molar-refractivity contribution in [3.8, 4) is 6.01 Å². The van der Waals surface area contributed by atoms with Gasteiger partial charge in [0.1, 0.15) is 5.52 Å². The minimum Gasteiger partial charge on any atom is -0.467 e. The summed E-state index contributed by atoms with van der Waals surface area (Å²) in [5.74, 6) is -0.285. The van der Waals surface area contributed by atoms with Crippen LogP contribution < -0.4 is 20.3 Å². The second kappa shape index (κ2) is 8.28. The van der Waals surface area contributed by atoms with Crippen molar-refractivity contribution < 1.29 is 9.53 Å². The Bertz CT molecular complexity index is 1340. The van der Waals surface area contributed by atoms with Gasteiger partial charge in [0.2, 0.25) is 0 Å². The smallest absolute Gasteiger partial charge is 0.316 e. The number of nitrogens with zero attached hydrogens (tertiary/aromatic N) is 6. The Balaban J connectivity index is 1.57. The van der Waals surface area contributed by atoms with Crippen LogP contribution in [-0.4, -0.2) is 63.2 Å². The third kappa shape index (κ3) is 3.82. The zero-order valence-electron chi connectivity index (χ0n) is 19.0. The Kier molecular flexibility index (Phi) is 5.29. The lowest BCUT2D eigenvalue weighted by molar-refractivity contribution is 0.102. The molecule has 0 spiro atoms. The normalized spacial score (nSPS) is 18.6. The first-order valence-electron chi connectivity index (χ1n) is 10.9. The number of nitrogens with one attached hydrogen (secondary N) is 2. The highest BCUT2D eigenvalue weighted by atomic mass is 16.5. The van der Waals surface area contributed by atoms with Crippen LogP contribution in [0.15, 0.2) is 36.5 Å². The van der Waals surface area contributed by atoms with Crippen LogP contribution in [0.5, 0.6) is 6.01 Å². The minimum atomic E-state index is -0.285. The molecule has 0 saturated carbocycles. The number of benzene rings is 2. The van der Waals surface area contributed by atoms with E-state index in [2.05, 4.69) is 49.7 Å². The van der Waals surface area contributed by atoms with Gasteiger partial charge in [0.15, 0.2) is 0 Å². The Morgan fingerprint density at radius 2 is 1.94 bits per heavy atom. The number of hydrogen-bond acceptors (Lipinski definition) is 8. The number of anilines is 2. The van der Waals surface area contributed by atoms with Crippen molar-refractivity contribution in [1.82, 2.24) is 30.3 Å². The molecule has 1 saturated heterocycles. The molecule has 0 radical (unpaired) electrons. The molecule has 10 nitrogen and oxygen atoms in total. The summed E-state index contributed by atoms with van der Waals surface area (Å²) in [6, 6.07) is 10.3. The molecule has 0 unspecified atom stereocenters. The standard InChI is InChI=1S/C23H26N8O2/c1-13-11-31(12-14(2)25-13)18-9-8-15(20-16(18)10-24-23(27-20)33-4)22(32)26-17-6-5-7-19-21(17)28-29-30(19)3/h5-10,13-14,25H,11-12H2,1-4H3,(H,26,32)/t13-,14-/m0/s1. The molecule has 4 aromatic rings. The lowest BCUT2D eigenvalue weighted by Crippen LogP contribution is -2.54. The second-order valence-electron chi connectivity index (χ2n) is 8.47. The highest BCUT2D eigenvalue weighted by molar-refractivity contribution is 6.15. The summed E-state index contributed by atoms with van der Waals surface area (Å²) in [5, 5.41) is 15.6. The van der Waals surface area contributed by atoms with Crippen LogP contribution in [0.25, 0.3) is 21.9 Å². The Hall–Kier alpha value is -3.79. The number of rotatable bonds is 4. The van der Waals surface area contributed by atoms with E-state index < -0.39 is 0 Å². The molecule has 2 N–H and O–H groups in total. The molecule has 0 bridgehead atoms. The van der Waals surface area contributed by atoms with E-state index in [0.717, 1.165) is 29.7 Å². The molecule has 33 heavy (non-hydrogen) atoms. The van der Waals surface area contributed by atoms with Crippen molar-refractivity contribution in [1.29, 1.82) is 0 Å². The van der Waals surface area contributed by atoms with Gasteiger partial charge in [0.25, 0.3) is 5.91 Å². The number of carbonyl (C=O) groups excluding carboxylic acids is 1. The second-order valence-corrected chi connectivity index (χ2v) is 8.47. The van der Waals surface area contributed by atoms with E-state index in [9.17, 15) is 4.79 Å². The molecule has 1 aliphatic rings. The Labute approximate surface area is 190 Å². The zero-order valence-corrected chi connectivity index (χ0v) is 19.0. The largest absolute Gasteiger partial charge is 0.467 e. The van der Waals surface area contributed by atoms with Gasteiger partial charge in [-0.05, 0) is 38.1 Å². The molecular formula is C23H26N8O2. The maximum absolute atomic E-state index is 13.4. The molecule has 0 aliphatic carbocycles. The summed E-state index contributed by atoms with van der Waals surface area (Å²) in [6.07, 6.45) is 1.73. The van der Waals surface area contributed by atoms with E-state index in [4.69, 9.17) is 4.74 Å². The van der Waals surface area contributed by atoms with Crippen LogP contribution in [-0.2, 0) is 7.05 Å². The highest BCUT2D eigenvalue weighted by Gasteiger charge is 2.25. The quantitative estimate of drug-likeness (QED) is 0.492. The molecule has 170 valence electrons. The van der Waals surface area contributed by atoms with Gasteiger partial charge < -0.3 is 20.3 Å². The van der Waals surface area contributed by atoms with Gasteiger partial charge in [-0.1, -0.05) is 11.3 Å². The lowest BCUT2D eigenvalue weighted by Gasteiger charge is -2.38. The summed E-state index contributed by atoms with van der Waals surface area (Å²) in [6.45, 7) is 6.04. The Morgan fingerprint density at radius 1 is 1.15 bits per heavy atom. The van der Waals surface area contributed by atoms with Crippen molar-refractivity contribution >= 4 is 39.2 Å². The number of ether oxygens (including phenoxy) is 1. The van der Waals surface area contributed by atoms with Crippen molar-refractivity contribution in [2.75, 3.05) is 30.4 Å². The van der Waals surface area contributed by atoms with Crippen LogP contribution >= 0.6 is 0 Å². The fourth-order valence-corrected chi connectivity index (χ4v) is 4.52. The van der Waals surface area contributed by atoms with E-state index >= 15 is 0 Å². The fourth-order valence-electron chi connectivity index (χ4n) is 4.52. The number of fused-ring (bicyclic) bond motifs is 2. The molecular weight excluding hydrogens is 420 g/mol. The number of aryl methyl sites for hydroxylation is 1. The maximum atomic E-state index is 13.4. The maximum Gasteiger partial charge on any atom is 0.316 e. The zero-order chi connectivity index (χ0) is 23.1. The van der Waals surface area contributed by atoms with E-state index in [1.807, 2.05) is 37.4 Å². The van der Waals surface area contributed by atoms with Crippen LogP contribution in [0, 0.1) is 0 Å². The third-order valence-electron chi connectivity index (χ3n) is 5.92. The Morgan fingerprint density at radius 3 is 2.70 bits per heavy atom. The molecule has 2 atom stereocenters. The van der Waals surface area contributed by atoms with Gasteiger partial charge in [-0.25, -0.2) is 9.67 Å². The lowest BCUT2D eigenvalue weighted by atomic mass is 10.0. The molecule has 2 aromatic heterocycles. The molecule has 5 rings (SSSR count). The summed E-state index contributed by atoms with van der Waals surface area (Å²) < 4.78 is 6.93. The average molecular weight is 447 g/mol. The van der Waals surface area contributed by atoms with Crippen molar-refractivity contribution in [3.05, 3.63) is 42.1 Å². The van der Waals surface area contributed by atoms with Crippen LogP contribution in [0.2, 0.25) is 0 Å². The summed E-state index contributed by atoms with van der Waals surface area (Å²) in [7, 11) is 3.33. The molecule has 10 heteroatoms. The van der Waals surface area contributed by atoms with E-state index in [1.54, 1.807) is 10.9 Å². The molecule has 1 fully saturated rings. The van der Waals surface area contributed by atoms with E-state index in [1.165, 1.54) is 7.11 Å². The van der Waals surface area contributed by atoms with Gasteiger partial charge in [-0.15, -0.1) is 5.10 Å². The number of piperazine rings is 1. The first kappa shape index (κ1) is 21.1. The molecule has 3 heterocycles. The van der Waals surface area contributed by atoms with Gasteiger partial charge in [-0.3, -0.25) is 4.79 Å². The highest BCUT2D eigenvalue weighted by Crippen LogP contribution is 2.31. The first-order valence-corrected chi connectivity index (χ1v) is 10.9. The number of amides is 1. The summed E-state index contributed by atoms with van der Waals surface area (Å²) in [5.41, 5.74) is 4.03.